The van der Waals surface area contributed by atoms with Gasteiger partial charge in [-0.25, -0.2) is 4.98 Å². The number of aromatic nitrogens is 1. The second-order valence-corrected chi connectivity index (χ2v) is 6.06. The molecule has 2 aliphatic heterocycles. The van der Waals surface area contributed by atoms with Crippen molar-refractivity contribution in [3.05, 3.63) is 30.2 Å². The van der Waals surface area contributed by atoms with Crippen LogP contribution in [0.2, 0.25) is 0 Å². The number of ether oxygens (including phenoxy) is 2. The maximum atomic E-state index is 12.4. The third-order valence-electron chi connectivity index (χ3n) is 4.05. The molecule has 1 unspecified atom stereocenters. The summed E-state index contributed by atoms with van der Waals surface area (Å²) in [7, 11) is 3.87. The molecule has 0 spiro atoms. The van der Waals surface area contributed by atoms with Gasteiger partial charge in [0.2, 0.25) is 0 Å². The van der Waals surface area contributed by atoms with Crippen LogP contribution in [0.15, 0.2) is 30.2 Å². The van der Waals surface area contributed by atoms with Crippen molar-refractivity contribution in [2.24, 2.45) is 0 Å². The van der Waals surface area contributed by atoms with Crippen LogP contribution in [0.4, 0.5) is 5.82 Å². The van der Waals surface area contributed by atoms with Crippen molar-refractivity contribution in [3.8, 4) is 5.75 Å². The topological polar surface area (TPSA) is 54.9 Å². The Morgan fingerprint density at radius 1 is 1.48 bits per heavy atom. The summed E-state index contributed by atoms with van der Waals surface area (Å²) in [6.45, 7) is 1.91. The monoisotopic (exact) mass is 317 g/mol. The summed E-state index contributed by atoms with van der Waals surface area (Å²) in [6.07, 6.45) is 6.35. The van der Waals surface area contributed by atoms with E-state index in [1.807, 2.05) is 42.1 Å². The number of anilines is 1. The molecule has 6 heteroatoms. The molecule has 6 nitrogen and oxygen atoms in total. The summed E-state index contributed by atoms with van der Waals surface area (Å²) in [6, 6.07) is 3.78. The molecular weight excluding hydrogens is 294 g/mol. The number of hydrogen-bond donors (Lipinski definition) is 0. The Kier molecular flexibility index (Phi) is 4.69. The Balaban J connectivity index is 1.62. The van der Waals surface area contributed by atoms with Gasteiger partial charge in [-0.2, -0.15) is 0 Å². The first-order chi connectivity index (χ1) is 11.1. The number of amides is 1. The Hall–Kier alpha value is -2.24. The lowest BCUT2D eigenvalue weighted by molar-refractivity contribution is -0.130. The van der Waals surface area contributed by atoms with Crippen LogP contribution in [0.5, 0.6) is 5.75 Å². The number of likely N-dealkylation sites (tertiary alicyclic amines) is 1. The molecule has 0 N–H and O–H groups in total. The van der Waals surface area contributed by atoms with Gasteiger partial charge in [0.05, 0.1) is 13.2 Å². The number of rotatable bonds is 4. The first-order valence-electron chi connectivity index (χ1n) is 8.06. The van der Waals surface area contributed by atoms with Crippen molar-refractivity contribution in [1.29, 1.82) is 0 Å². The van der Waals surface area contributed by atoms with Crippen molar-refractivity contribution in [2.45, 2.75) is 25.4 Å². The molecule has 0 aromatic carbocycles. The van der Waals surface area contributed by atoms with Gasteiger partial charge >= 0.3 is 0 Å². The van der Waals surface area contributed by atoms with Crippen LogP contribution in [-0.2, 0) is 9.53 Å². The zero-order valence-corrected chi connectivity index (χ0v) is 13.7. The molecule has 0 aliphatic carbocycles. The van der Waals surface area contributed by atoms with E-state index in [0.29, 0.717) is 25.5 Å². The molecule has 1 amide bonds. The number of nitrogens with zero attached hydrogens (tertiary/aromatic N) is 3. The number of carbonyl (C=O) groups is 1. The molecule has 3 rings (SSSR count). The zero-order valence-electron chi connectivity index (χ0n) is 13.7. The summed E-state index contributed by atoms with van der Waals surface area (Å²) in [5.41, 5.74) is 0. The van der Waals surface area contributed by atoms with Gasteiger partial charge in [-0.15, -0.1) is 0 Å². The van der Waals surface area contributed by atoms with E-state index in [-0.39, 0.29) is 12.0 Å². The highest BCUT2D eigenvalue weighted by Gasteiger charge is 2.31. The second-order valence-electron chi connectivity index (χ2n) is 6.06. The Bertz CT molecular complexity index is 601. The van der Waals surface area contributed by atoms with Crippen molar-refractivity contribution in [3.63, 3.8) is 0 Å². The SMILES string of the molecule is CN(C)c1ncccc1OC1CCN(C(=O)C2=CCCCO2)C1. The maximum absolute atomic E-state index is 12.4. The highest BCUT2D eigenvalue weighted by atomic mass is 16.5. The molecule has 0 bridgehead atoms. The van der Waals surface area contributed by atoms with Gasteiger partial charge in [0.1, 0.15) is 6.10 Å². The molecule has 0 saturated carbocycles. The van der Waals surface area contributed by atoms with E-state index in [4.69, 9.17) is 9.47 Å². The summed E-state index contributed by atoms with van der Waals surface area (Å²) < 4.78 is 11.5. The van der Waals surface area contributed by atoms with Crippen molar-refractivity contribution >= 4 is 11.7 Å². The molecule has 1 saturated heterocycles. The summed E-state index contributed by atoms with van der Waals surface area (Å²) >= 11 is 0. The molecule has 0 radical (unpaired) electrons. The molecule has 1 aromatic rings. The minimum atomic E-state index is -0.0187. The fourth-order valence-corrected chi connectivity index (χ4v) is 2.86. The van der Waals surface area contributed by atoms with Gasteiger partial charge in [-0.3, -0.25) is 4.79 Å². The van der Waals surface area contributed by atoms with Crippen LogP contribution in [0, 0.1) is 0 Å². The average molecular weight is 317 g/mol. The summed E-state index contributed by atoms with van der Waals surface area (Å²) in [4.78, 5) is 20.5. The van der Waals surface area contributed by atoms with Gasteiger partial charge in [-0.1, -0.05) is 0 Å². The van der Waals surface area contributed by atoms with Crippen LogP contribution in [-0.4, -0.2) is 55.7 Å². The van der Waals surface area contributed by atoms with E-state index in [1.54, 1.807) is 6.20 Å². The van der Waals surface area contributed by atoms with Crippen molar-refractivity contribution in [2.75, 3.05) is 38.7 Å². The van der Waals surface area contributed by atoms with Gasteiger partial charge in [0.25, 0.3) is 5.91 Å². The minimum Gasteiger partial charge on any atom is -0.488 e. The molecule has 1 atom stereocenters. The molecule has 2 aliphatic rings. The lowest BCUT2D eigenvalue weighted by atomic mass is 10.2. The quantitative estimate of drug-likeness (QED) is 0.848. The molecular formula is C17H23N3O3. The highest BCUT2D eigenvalue weighted by molar-refractivity contribution is 5.91. The van der Waals surface area contributed by atoms with Gasteiger partial charge < -0.3 is 19.3 Å². The average Bonchev–Trinajstić information content (AvgIpc) is 3.04. The van der Waals surface area contributed by atoms with Crippen molar-refractivity contribution in [1.82, 2.24) is 9.88 Å². The van der Waals surface area contributed by atoms with Crippen molar-refractivity contribution < 1.29 is 14.3 Å². The number of pyridine rings is 1. The van der Waals surface area contributed by atoms with E-state index in [2.05, 4.69) is 4.98 Å². The van der Waals surface area contributed by atoms with E-state index in [9.17, 15) is 4.79 Å². The zero-order chi connectivity index (χ0) is 16.2. The minimum absolute atomic E-state index is 0.00830. The van der Waals surface area contributed by atoms with Gasteiger partial charge in [-0.05, 0) is 31.1 Å². The molecule has 23 heavy (non-hydrogen) atoms. The number of hydrogen-bond acceptors (Lipinski definition) is 5. The number of carbonyl (C=O) groups excluding carboxylic acids is 1. The first-order valence-corrected chi connectivity index (χ1v) is 8.06. The smallest absolute Gasteiger partial charge is 0.288 e. The lowest BCUT2D eigenvalue weighted by Crippen LogP contribution is -2.33. The summed E-state index contributed by atoms with van der Waals surface area (Å²) in [5, 5.41) is 0. The van der Waals surface area contributed by atoms with E-state index in [1.165, 1.54) is 0 Å². The van der Waals surface area contributed by atoms with Crippen LogP contribution < -0.4 is 9.64 Å². The fourth-order valence-electron chi connectivity index (χ4n) is 2.86. The highest BCUT2D eigenvalue weighted by Crippen LogP contribution is 2.27. The Labute approximate surface area is 136 Å². The predicted molar refractivity (Wildman–Crippen MR) is 87.4 cm³/mol. The third kappa shape index (κ3) is 3.57. The third-order valence-corrected chi connectivity index (χ3v) is 4.05. The molecule has 124 valence electrons. The molecule has 1 fully saturated rings. The molecule has 1 aromatic heterocycles. The van der Waals surface area contributed by atoms with E-state index in [0.717, 1.165) is 30.8 Å². The van der Waals surface area contributed by atoms with Crippen LogP contribution in [0.3, 0.4) is 0 Å². The van der Waals surface area contributed by atoms with Crippen LogP contribution >= 0.6 is 0 Å². The van der Waals surface area contributed by atoms with Crippen LogP contribution in [0.1, 0.15) is 19.3 Å². The Morgan fingerprint density at radius 2 is 2.35 bits per heavy atom. The summed E-state index contributed by atoms with van der Waals surface area (Å²) in [5.74, 6) is 2.03. The first kappa shape index (κ1) is 15.6. The largest absolute Gasteiger partial charge is 0.488 e. The molecule has 3 heterocycles. The predicted octanol–water partition coefficient (Wildman–Crippen LogP) is 1.82. The lowest BCUT2D eigenvalue weighted by Gasteiger charge is -2.22. The number of allylic oxidation sites excluding steroid dienone is 1. The Morgan fingerprint density at radius 3 is 3.09 bits per heavy atom. The second kappa shape index (κ2) is 6.89. The normalized spacial score (nSPS) is 20.7. The van der Waals surface area contributed by atoms with E-state index >= 15 is 0 Å². The van der Waals surface area contributed by atoms with Gasteiger partial charge in [0.15, 0.2) is 17.3 Å². The van der Waals surface area contributed by atoms with Crippen LogP contribution in [0.25, 0.3) is 0 Å². The fraction of sp³-hybridized carbons (Fsp3) is 0.529. The maximum Gasteiger partial charge on any atom is 0.288 e. The van der Waals surface area contributed by atoms with Gasteiger partial charge in [0, 0.05) is 33.3 Å². The van der Waals surface area contributed by atoms with E-state index < -0.39 is 0 Å². The standard InChI is InChI=1S/C17H23N3O3/c1-19(2)16-14(7-5-9-18-16)23-13-8-10-20(12-13)17(21)15-6-3-4-11-22-15/h5-7,9,13H,3-4,8,10-12H2,1-2H3.